The summed E-state index contributed by atoms with van der Waals surface area (Å²) in [5.41, 5.74) is 0. The zero-order valence-corrected chi connectivity index (χ0v) is 17.7. The van der Waals surface area contributed by atoms with Crippen molar-refractivity contribution in [3.8, 4) is 0 Å². The monoisotopic (exact) mass is 422 g/mol. The largest absolute Gasteiger partial charge is 0.375 e. The topological polar surface area (TPSA) is 84.9 Å². The SMILES string of the molecule is CCC1C2CCC(CC1C(=O)N(C=O)CCCCOCC(=O)Nc1cccs1)O2. The van der Waals surface area contributed by atoms with Crippen molar-refractivity contribution in [3.05, 3.63) is 17.5 Å². The van der Waals surface area contributed by atoms with E-state index in [-0.39, 0.29) is 42.5 Å². The molecule has 3 rings (SSSR count). The number of anilines is 1. The first-order chi connectivity index (χ1) is 14.1. The van der Waals surface area contributed by atoms with Gasteiger partial charge >= 0.3 is 0 Å². The number of imide groups is 1. The van der Waals surface area contributed by atoms with Crippen molar-refractivity contribution in [3.63, 3.8) is 0 Å². The van der Waals surface area contributed by atoms with Crippen LogP contribution in [0.2, 0.25) is 0 Å². The fraction of sp³-hybridized carbons (Fsp3) is 0.667. The number of fused-ring (bicyclic) bond motifs is 2. The maximum atomic E-state index is 12.9. The molecule has 0 spiro atoms. The molecule has 0 aromatic carbocycles. The number of hydrogen-bond acceptors (Lipinski definition) is 6. The molecule has 3 amide bonds. The zero-order chi connectivity index (χ0) is 20.6. The number of rotatable bonds is 11. The van der Waals surface area contributed by atoms with Crippen molar-refractivity contribution in [1.82, 2.24) is 4.90 Å². The van der Waals surface area contributed by atoms with E-state index in [4.69, 9.17) is 9.47 Å². The number of unbranched alkanes of at least 4 members (excludes halogenated alkanes) is 1. The summed E-state index contributed by atoms with van der Waals surface area (Å²) in [4.78, 5) is 37.5. The summed E-state index contributed by atoms with van der Waals surface area (Å²) in [7, 11) is 0. The number of carbonyl (C=O) groups is 3. The third-order valence-electron chi connectivity index (χ3n) is 5.81. The van der Waals surface area contributed by atoms with E-state index in [9.17, 15) is 14.4 Å². The minimum atomic E-state index is -0.183. The van der Waals surface area contributed by atoms with Crippen molar-refractivity contribution in [2.75, 3.05) is 25.1 Å². The first-order valence-electron chi connectivity index (χ1n) is 10.4. The molecule has 4 atom stereocenters. The Morgan fingerprint density at radius 1 is 1.38 bits per heavy atom. The molecule has 2 bridgehead atoms. The van der Waals surface area contributed by atoms with Crippen LogP contribution in [0, 0.1) is 11.8 Å². The lowest BCUT2D eigenvalue weighted by Crippen LogP contribution is -2.45. The lowest BCUT2D eigenvalue weighted by molar-refractivity contribution is -0.151. The Balaban J connectivity index is 1.35. The first-order valence-corrected chi connectivity index (χ1v) is 11.3. The van der Waals surface area contributed by atoms with Gasteiger partial charge in [0, 0.05) is 19.1 Å². The summed E-state index contributed by atoms with van der Waals surface area (Å²) in [6, 6.07) is 3.70. The number of hydrogen-bond donors (Lipinski definition) is 1. The molecule has 2 fully saturated rings. The Hall–Kier alpha value is -1.77. The number of amides is 3. The molecule has 0 saturated carbocycles. The van der Waals surface area contributed by atoms with Crippen LogP contribution in [0.5, 0.6) is 0 Å². The first kappa shape index (κ1) is 21.9. The van der Waals surface area contributed by atoms with E-state index >= 15 is 0 Å². The van der Waals surface area contributed by atoms with Crippen molar-refractivity contribution < 1.29 is 23.9 Å². The van der Waals surface area contributed by atoms with Crippen LogP contribution in [0.3, 0.4) is 0 Å². The zero-order valence-electron chi connectivity index (χ0n) is 16.9. The number of ether oxygens (including phenoxy) is 2. The minimum absolute atomic E-state index is 0.00272. The van der Waals surface area contributed by atoms with Gasteiger partial charge in [-0.05, 0) is 55.5 Å². The van der Waals surface area contributed by atoms with Gasteiger partial charge in [-0.2, -0.15) is 0 Å². The Labute approximate surface area is 175 Å². The molecule has 1 aromatic heterocycles. The summed E-state index contributed by atoms with van der Waals surface area (Å²) in [6.07, 6.45) is 5.97. The van der Waals surface area contributed by atoms with E-state index in [2.05, 4.69) is 12.2 Å². The molecule has 1 N–H and O–H groups in total. The highest BCUT2D eigenvalue weighted by Crippen LogP contribution is 2.42. The van der Waals surface area contributed by atoms with Gasteiger partial charge in [-0.3, -0.25) is 19.3 Å². The second kappa shape index (κ2) is 10.8. The summed E-state index contributed by atoms with van der Waals surface area (Å²) < 4.78 is 11.4. The molecule has 0 aliphatic carbocycles. The van der Waals surface area contributed by atoms with E-state index in [0.29, 0.717) is 32.4 Å². The van der Waals surface area contributed by atoms with Gasteiger partial charge in [-0.15, -0.1) is 11.3 Å². The predicted octanol–water partition coefficient (Wildman–Crippen LogP) is 3.06. The third kappa shape index (κ3) is 5.87. The molecule has 0 radical (unpaired) electrons. The molecule has 29 heavy (non-hydrogen) atoms. The lowest BCUT2D eigenvalue weighted by atomic mass is 9.81. The number of nitrogens with zero attached hydrogens (tertiary/aromatic N) is 1. The molecule has 2 saturated heterocycles. The predicted molar refractivity (Wildman–Crippen MR) is 111 cm³/mol. The van der Waals surface area contributed by atoms with Crippen molar-refractivity contribution in [1.29, 1.82) is 0 Å². The number of thiophene rings is 1. The summed E-state index contributed by atoms with van der Waals surface area (Å²) in [5, 5.41) is 5.45. The van der Waals surface area contributed by atoms with Crippen LogP contribution in [0.15, 0.2) is 17.5 Å². The van der Waals surface area contributed by atoms with Gasteiger partial charge in [-0.1, -0.05) is 13.3 Å². The van der Waals surface area contributed by atoms with Crippen LogP contribution in [-0.4, -0.2) is 55.1 Å². The van der Waals surface area contributed by atoms with E-state index in [1.807, 2.05) is 17.5 Å². The van der Waals surface area contributed by atoms with Crippen LogP contribution >= 0.6 is 11.3 Å². The quantitative estimate of drug-likeness (QED) is 0.438. The highest BCUT2D eigenvalue weighted by molar-refractivity contribution is 7.14. The van der Waals surface area contributed by atoms with Gasteiger partial charge in [0.2, 0.25) is 12.3 Å². The van der Waals surface area contributed by atoms with E-state index in [1.54, 1.807) is 0 Å². The summed E-state index contributed by atoms with van der Waals surface area (Å²) in [6.45, 7) is 2.88. The van der Waals surface area contributed by atoms with Crippen molar-refractivity contribution in [2.24, 2.45) is 11.8 Å². The molecule has 2 aliphatic rings. The molecular weight excluding hydrogens is 392 g/mol. The van der Waals surface area contributed by atoms with Crippen molar-refractivity contribution in [2.45, 2.75) is 57.7 Å². The number of carbonyl (C=O) groups excluding carboxylic acids is 3. The Morgan fingerprint density at radius 3 is 2.97 bits per heavy atom. The Bertz CT molecular complexity index is 681. The summed E-state index contributed by atoms with van der Waals surface area (Å²) in [5.74, 6) is -0.164. The van der Waals surface area contributed by atoms with E-state index < -0.39 is 0 Å². The second-order valence-corrected chi connectivity index (χ2v) is 8.66. The third-order valence-corrected chi connectivity index (χ3v) is 6.59. The second-order valence-electron chi connectivity index (χ2n) is 7.71. The van der Waals surface area contributed by atoms with Crippen LogP contribution in [0.4, 0.5) is 5.00 Å². The smallest absolute Gasteiger partial charge is 0.250 e. The van der Waals surface area contributed by atoms with Gasteiger partial charge in [0.25, 0.3) is 5.91 Å². The van der Waals surface area contributed by atoms with Gasteiger partial charge in [0.15, 0.2) is 0 Å². The average molecular weight is 423 g/mol. The molecule has 2 aliphatic heterocycles. The number of nitrogens with one attached hydrogen (secondary N) is 1. The van der Waals surface area contributed by atoms with Gasteiger partial charge in [0.05, 0.1) is 17.2 Å². The van der Waals surface area contributed by atoms with Crippen LogP contribution < -0.4 is 5.32 Å². The standard InChI is InChI=1S/C21H30N2O5S/c1-2-16-17(12-15-7-8-18(16)28-15)21(26)23(14-24)9-3-4-10-27-13-19(25)22-20-6-5-11-29-20/h5-6,11,14-18H,2-4,7-10,12-13H2,1H3,(H,22,25). The fourth-order valence-corrected chi connectivity index (χ4v) is 5.01. The van der Waals surface area contributed by atoms with Gasteiger partial charge in [0.1, 0.15) is 6.61 Å². The van der Waals surface area contributed by atoms with Crippen LogP contribution in [-0.2, 0) is 23.9 Å². The summed E-state index contributed by atoms with van der Waals surface area (Å²) >= 11 is 1.46. The van der Waals surface area contributed by atoms with Gasteiger partial charge < -0.3 is 14.8 Å². The van der Waals surface area contributed by atoms with Crippen LogP contribution in [0.1, 0.15) is 45.4 Å². The molecule has 7 nitrogen and oxygen atoms in total. The van der Waals surface area contributed by atoms with E-state index in [0.717, 1.165) is 30.7 Å². The minimum Gasteiger partial charge on any atom is -0.375 e. The molecule has 1 aromatic rings. The molecular formula is C21H30N2O5S. The lowest BCUT2D eigenvalue weighted by Gasteiger charge is -2.37. The fourth-order valence-electron chi connectivity index (χ4n) is 4.37. The molecule has 160 valence electrons. The van der Waals surface area contributed by atoms with Crippen LogP contribution in [0.25, 0.3) is 0 Å². The maximum Gasteiger partial charge on any atom is 0.250 e. The van der Waals surface area contributed by atoms with Crippen molar-refractivity contribution >= 4 is 34.6 Å². The molecule has 8 heteroatoms. The molecule has 4 unspecified atom stereocenters. The molecule has 3 heterocycles. The van der Waals surface area contributed by atoms with Gasteiger partial charge in [-0.25, -0.2) is 0 Å². The normalized spacial score (nSPS) is 25.6. The average Bonchev–Trinajstić information content (AvgIpc) is 3.37. The highest BCUT2D eigenvalue weighted by atomic mass is 32.1. The Morgan fingerprint density at radius 2 is 2.24 bits per heavy atom. The Kier molecular flexibility index (Phi) is 8.20. The highest BCUT2D eigenvalue weighted by Gasteiger charge is 2.45. The van der Waals surface area contributed by atoms with E-state index in [1.165, 1.54) is 16.2 Å². The maximum absolute atomic E-state index is 12.9.